The molecule has 2 rings (SSSR count). The Morgan fingerprint density at radius 3 is 2.57 bits per heavy atom. The van der Waals surface area contributed by atoms with Crippen LogP contribution in [0.15, 0.2) is 48.5 Å². The van der Waals surface area contributed by atoms with Crippen LogP contribution in [0, 0.1) is 11.3 Å². The van der Waals surface area contributed by atoms with Crippen molar-refractivity contribution >= 4 is 17.3 Å². The monoisotopic (exact) mass is 279 g/mol. The van der Waals surface area contributed by atoms with Crippen LogP contribution >= 0.6 is 0 Å². The molecule has 0 heterocycles. The van der Waals surface area contributed by atoms with Gasteiger partial charge in [0.25, 0.3) is 0 Å². The summed E-state index contributed by atoms with van der Waals surface area (Å²) in [6.07, 6.45) is 0.700. The maximum absolute atomic E-state index is 12.4. The van der Waals surface area contributed by atoms with Crippen molar-refractivity contribution in [3.63, 3.8) is 0 Å². The molecule has 0 radical (unpaired) electrons. The lowest BCUT2D eigenvalue weighted by atomic mass is 9.95. The molecule has 0 aromatic heterocycles. The Hall–Kier alpha value is -2.80. The quantitative estimate of drug-likeness (QED) is 0.843. The molecular formula is C17H17N3O. The number of nitrogens with zero attached hydrogens (tertiary/aromatic N) is 1. The van der Waals surface area contributed by atoms with E-state index in [1.165, 1.54) is 0 Å². The zero-order valence-corrected chi connectivity index (χ0v) is 11.8. The van der Waals surface area contributed by atoms with Gasteiger partial charge in [-0.05, 0) is 30.2 Å². The molecular weight excluding hydrogens is 262 g/mol. The van der Waals surface area contributed by atoms with Gasteiger partial charge in [-0.15, -0.1) is 0 Å². The molecule has 1 amide bonds. The summed E-state index contributed by atoms with van der Waals surface area (Å²) in [6.45, 7) is 1.97. The number of hydrogen-bond donors (Lipinski definition) is 2. The maximum Gasteiger partial charge on any atom is 0.231 e. The molecule has 106 valence electrons. The second-order valence-electron chi connectivity index (χ2n) is 4.77. The first-order chi connectivity index (χ1) is 10.2. The number of nitrogens with two attached hydrogens (primary N) is 1. The van der Waals surface area contributed by atoms with Crippen LogP contribution in [0.1, 0.15) is 30.4 Å². The Labute approximate surface area is 124 Å². The highest BCUT2D eigenvalue weighted by Crippen LogP contribution is 2.24. The minimum Gasteiger partial charge on any atom is -0.397 e. The predicted octanol–water partition coefficient (Wildman–Crippen LogP) is 3.27. The van der Waals surface area contributed by atoms with Gasteiger partial charge < -0.3 is 11.1 Å². The van der Waals surface area contributed by atoms with E-state index < -0.39 is 0 Å². The Balaban J connectivity index is 2.19. The number of carbonyl (C=O) groups excluding carboxylic acids is 1. The van der Waals surface area contributed by atoms with E-state index in [1.807, 2.05) is 43.3 Å². The van der Waals surface area contributed by atoms with Crippen molar-refractivity contribution in [1.82, 2.24) is 0 Å². The number of hydrogen-bond acceptors (Lipinski definition) is 3. The van der Waals surface area contributed by atoms with E-state index in [4.69, 9.17) is 11.0 Å². The number of nitrogen functional groups attached to an aromatic ring is 1. The summed E-state index contributed by atoms with van der Waals surface area (Å²) < 4.78 is 0. The van der Waals surface area contributed by atoms with Gasteiger partial charge in [0.05, 0.1) is 28.9 Å². The highest BCUT2D eigenvalue weighted by molar-refractivity contribution is 5.98. The van der Waals surface area contributed by atoms with Crippen LogP contribution in [-0.4, -0.2) is 5.91 Å². The molecule has 0 bridgehead atoms. The molecule has 0 aliphatic heterocycles. The molecule has 0 aliphatic carbocycles. The molecule has 0 spiro atoms. The number of carbonyl (C=O) groups is 1. The van der Waals surface area contributed by atoms with Crippen LogP contribution in [-0.2, 0) is 4.79 Å². The van der Waals surface area contributed by atoms with Crippen LogP contribution in [0.4, 0.5) is 11.4 Å². The van der Waals surface area contributed by atoms with Crippen molar-refractivity contribution in [1.29, 1.82) is 5.26 Å². The number of amides is 1. The second kappa shape index (κ2) is 6.58. The number of benzene rings is 2. The van der Waals surface area contributed by atoms with Crippen LogP contribution in [0.3, 0.4) is 0 Å². The van der Waals surface area contributed by atoms with Gasteiger partial charge in [-0.3, -0.25) is 4.79 Å². The lowest BCUT2D eigenvalue weighted by Gasteiger charge is -2.16. The van der Waals surface area contributed by atoms with Crippen molar-refractivity contribution in [2.24, 2.45) is 0 Å². The summed E-state index contributed by atoms with van der Waals surface area (Å²) in [5.74, 6) is -0.318. The largest absolute Gasteiger partial charge is 0.397 e. The standard InChI is InChI=1S/C17H17N3O/c1-2-14(13-6-4-3-5-7-13)17(21)20-16-9-8-12(11-18)10-15(16)19/h3-10,14H,2,19H2,1H3,(H,20,21). The molecule has 4 heteroatoms. The van der Waals surface area contributed by atoms with E-state index in [0.717, 1.165) is 5.56 Å². The summed E-state index contributed by atoms with van der Waals surface area (Å²) in [5.41, 5.74) is 8.24. The Morgan fingerprint density at radius 1 is 1.29 bits per heavy atom. The Kier molecular flexibility index (Phi) is 4.57. The molecule has 1 unspecified atom stereocenters. The molecule has 1 atom stereocenters. The predicted molar refractivity (Wildman–Crippen MR) is 83.7 cm³/mol. The number of rotatable bonds is 4. The minimum atomic E-state index is -0.221. The summed E-state index contributed by atoms with van der Waals surface area (Å²) >= 11 is 0. The number of anilines is 2. The lowest BCUT2D eigenvalue weighted by molar-refractivity contribution is -0.117. The van der Waals surface area contributed by atoms with Gasteiger partial charge in [-0.25, -0.2) is 0 Å². The summed E-state index contributed by atoms with van der Waals surface area (Å²) in [5, 5.41) is 11.7. The van der Waals surface area contributed by atoms with Gasteiger partial charge >= 0.3 is 0 Å². The second-order valence-corrected chi connectivity index (χ2v) is 4.77. The van der Waals surface area contributed by atoms with Gasteiger partial charge in [-0.1, -0.05) is 37.3 Å². The molecule has 21 heavy (non-hydrogen) atoms. The molecule has 0 saturated carbocycles. The minimum absolute atomic E-state index is 0.0971. The molecule has 0 saturated heterocycles. The van der Waals surface area contributed by atoms with Gasteiger partial charge in [0.2, 0.25) is 5.91 Å². The van der Waals surface area contributed by atoms with E-state index >= 15 is 0 Å². The van der Waals surface area contributed by atoms with Crippen LogP contribution in [0.25, 0.3) is 0 Å². The summed E-state index contributed by atoms with van der Waals surface area (Å²) in [7, 11) is 0. The van der Waals surface area contributed by atoms with E-state index in [0.29, 0.717) is 23.4 Å². The fourth-order valence-electron chi connectivity index (χ4n) is 2.22. The van der Waals surface area contributed by atoms with E-state index in [-0.39, 0.29) is 11.8 Å². The van der Waals surface area contributed by atoms with Crippen molar-refractivity contribution < 1.29 is 4.79 Å². The smallest absolute Gasteiger partial charge is 0.231 e. The average Bonchev–Trinajstić information content (AvgIpc) is 2.51. The topological polar surface area (TPSA) is 78.9 Å². The van der Waals surface area contributed by atoms with Crippen molar-refractivity contribution in [3.8, 4) is 6.07 Å². The first kappa shape index (κ1) is 14.6. The van der Waals surface area contributed by atoms with Gasteiger partial charge in [0.1, 0.15) is 0 Å². The average molecular weight is 279 g/mol. The van der Waals surface area contributed by atoms with E-state index in [1.54, 1.807) is 18.2 Å². The fourth-order valence-corrected chi connectivity index (χ4v) is 2.22. The first-order valence-corrected chi connectivity index (χ1v) is 6.81. The van der Waals surface area contributed by atoms with Gasteiger partial charge in [-0.2, -0.15) is 5.26 Å². The van der Waals surface area contributed by atoms with Crippen molar-refractivity contribution in [3.05, 3.63) is 59.7 Å². The number of nitriles is 1. The first-order valence-electron chi connectivity index (χ1n) is 6.81. The van der Waals surface area contributed by atoms with Crippen LogP contribution in [0.2, 0.25) is 0 Å². The maximum atomic E-state index is 12.4. The molecule has 0 aliphatic rings. The number of nitrogens with one attached hydrogen (secondary N) is 1. The van der Waals surface area contributed by atoms with Gasteiger partial charge in [0, 0.05) is 0 Å². The Bertz CT molecular complexity index is 674. The zero-order valence-electron chi connectivity index (χ0n) is 11.8. The third-order valence-electron chi connectivity index (χ3n) is 3.37. The zero-order chi connectivity index (χ0) is 15.2. The van der Waals surface area contributed by atoms with E-state index in [9.17, 15) is 4.79 Å². The Morgan fingerprint density at radius 2 is 2.00 bits per heavy atom. The third-order valence-corrected chi connectivity index (χ3v) is 3.37. The lowest BCUT2D eigenvalue weighted by Crippen LogP contribution is -2.21. The highest BCUT2D eigenvalue weighted by Gasteiger charge is 2.19. The highest BCUT2D eigenvalue weighted by atomic mass is 16.1. The normalized spacial score (nSPS) is 11.4. The fraction of sp³-hybridized carbons (Fsp3) is 0.176. The van der Waals surface area contributed by atoms with Crippen LogP contribution < -0.4 is 11.1 Å². The molecule has 0 fully saturated rings. The third kappa shape index (κ3) is 3.40. The summed E-state index contributed by atoms with van der Waals surface area (Å²) in [4.78, 5) is 12.4. The molecule has 2 aromatic carbocycles. The molecule has 2 aromatic rings. The van der Waals surface area contributed by atoms with Crippen molar-refractivity contribution in [2.75, 3.05) is 11.1 Å². The van der Waals surface area contributed by atoms with Crippen LogP contribution in [0.5, 0.6) is 0 Å². The van der Waals surface area contributed by atoms with Gasteiger partial charge in [0.15, 0.2) is 0 Å². The molecule has 4 nitrogen and oxygen atoms in total. The summed E-state index contributed by atoms with van der Waals surface area (Å²) in [6, 6.07) is 16.5. The van der Waals surface area contributed by atoms with E-state index in [2.05, 4.69) is 5.32 Å². The van der Waals surface area contributed by atoms with Crippen molar-refractivity contribution in [2.45, 2.75) is 19.3 Å². The molecule has 3 N–H and O–H groups in total. The SMILES string of the molecule is CCC(C(=O)Nc1ccc(C#N)cc1N)c1ccccc1.